The first-order valence-electron chi connectivity index (χ1n) is 5.44. The van der Waals surface area contributed by atoms with Crippen LogP contribution in [0.2, 0.25) is 5.02 Å². The molecule has 2 aromatic rings. The van der Waals surface area contributed by atoms with E-state index in [9.17, 15) is 9.50 Å². The van der Waals surface area contributed by atoms with Gasteiger partial charge in [0.1, 0.15) is 5.82 Å². The van der Waals surface area contributed by atoms with Crippen LogP contribution in [0.1, 0.15) is 17.2 Å². The molecule has 0 amide bonds. The van der Waals surface area contributed by atoms with Gasteiger partial charge in [0.15, 0.2) is 0 Å². The Balaban J connectivity index is 2.18. The predicted molar refractivity (Wildman–Crippen MR) is 79.2 cm³/mol. The summed E-state index contributed by atoms with van der Waals surface area (Å²) in [7, 11) is 0. The lowest BCUT2D eigenvalue weighted by molar-refractivity contribution is 0.177. The summed E-state index contributed by atoms with van der Waals surface area (Å²) < 4.78 is 13.7. The van der Waals surface area contributed by atoms with Crippen LogP contribution in [0.3, 0.4) is 0 Å². The van der Waals surface area contributed by atoms with Gasteiger partial charge in [0.25, 0.3) is 0 Å². The van der Waals surface area contributed by atoms with Crippen molar-refractivity contribution in [3.05, 3.63) is 68.0 Å². The van der Waals surface area contributed by atoms with Crippen molar-refractivity contribution in [2.75, 3.05) is 0 Å². The third-order valence-electron chi connectivity index (χ3n) is 2.66. The van der Waals surface area contributed by atoms with Gasteiger partial charge >= 0.3 is 0 Å². The lowest BCUT2D eigenvalue weighted by atomic mass is 10.0. The minimum atomic E-state index is -0.638. The maximum absolute atomic E-state index is 12.8. The molecular formula is C14H11ClFIO. The average molecular weight is 377 g/mol. The Bertz CT molecular complexity index is 542. The molecule has 1 nitrogen and oxygen atoms in total. The van der Waals surface area contributed by atoms with E-state index < -0.39 is 6.10 Å². The van der Waals surface area contributed by atoms with Crippen LogP contribution in [0.4, 0.5) is 4.39 Å². The summed E-state index contributed by atoms with van der Waals surface area (Å²) in [5, 5.41) is 10.8. The summed E-state index contributed by atoms with van der Waals surface area (Å²) >= 11 is 8.08. The van der Waals surface area contributed by atoms with E-state index in [4.69, 9.17) is 11.6 Å². The molecule has 1 atom stereocenters. The molecule has 0 heterocycles. The molecule has 0 radical (unpaired) electrons. The van der Waals surface area contributed by atoms with Crippen molar-refractivity contribution in [2.45, 2.75) is 12.5 Å². The van der Waals surface area contributed by atoms with Crippen molar-refractivity contribution in [3.8, 4) is 0 Å². The molecule has 0 spiro atoms. The lowest BCUT2D eigenvalue weighted by Crippen LogP contribution is -2.04. The van der Waals surface area contributed by atoms with E-state index in [2.05, 4.69) is 22.6 Å². The highest BCUT2D eigenvalue weighted by Gasteiger charge is 2.12. The molecule has 0 saturated carbocycles. The van der Waals surface area contributed by atoms with Gasteiger partial charge < -0.3 is 5.11 Å². The Kier molecular flexibility index (Phi) is 4.59. The van der Waals surface area contributed by atoms with Crippen LogP contribution in [0.15, 0.2) is 42.5 Å². The smallest absolute Gasteiger partial charge is 0.123 e. The van der Waals surface area contributed by atoms with Gasteiger partial charge in [-0.15, -0.1) is 0 Å². The van der Waals surface area contributed by atoms with Gasteiger partial charge in [0, 0.05) is 15.0 Å². The van der Waals surface area contributed by atoms with Gasteiger partial charge in [-0.05, 0) is 64.0 Å². The SMILES string of the molecule is OC(Cc1ccc(F)cc1)c1cc(Cl)ccc1I. The maximum atomic E-state index is 12.8. The van der Waals surface area contributed by atoms with Gasteiger partial charge in [-0.1, -0.05) is 23.7 Å². The number of hydrogen-bond acceptors (Lipinski definition) is 1. The Hall–Kier alpha value is -0.650. The molecular weight excluding hydrogens is 366 g/mol. The van der Waals surface area contributed by atoms with Gasteiger partial charge in [0.2, 0.25) is 0 Å². The summed E-state index contributed by atoms with van der Waals surface area (Å²) in [6.45, 7) is 0. The summed E-state index contributed by atoms with van der Waals surface area (Å²) in [5.74, 6) is -0.273. The van der Waals surface area contributed by atoms with Crippen LogP contribution in [0.5, 0.6) is 0 Å². The number of rotatable bonds is 3. The topological polar surface area (TPSA) is 20.2 Å². The predicted octanol–water partition coefficient (Wildman–Crippen LogP) is 4.36. The number of halogens is 3. The van der Waals surface area contributed by atoms with Gasteiger partial charge in [-0.25, -0.2) is 4.39 Å². The molecule has 18 heavy (non-hydrogen) atoms. The molecule has 0 fully saturated rings. The number of benzene rings is 2. The van der Waals surface area contributed by atoms with Crippen LogP contribution in [0.25, 0.3) is 0 Å². The molecule has 0 aromatic heterocycles. The van der Waals surface area contributed by atoms with Crippen molar-refractivity contribution >= 4 is 34.2 Å². The Labute approximate surface area is 124 Å². The van der Waals surface area contributed by atoms with E-state index in [1.54, 1.807) is 24.3 Å². The zero-order valence-corrected chi connectivity index (χ0v) is 12.3. The third kappa shape index (κ3) is 3.43. The molecule has 0 aliphatic rings. The van der Waals surface area contributed by atoms with Crippen LogP contribution in [-0.2, 0) is 6.42 Å². The first-order chi connectivity index (χ1) is 8.56. The van der Waals surface area contributed by atoms with E-state index in [1.807, 2.05) is 6.07 Å². The van der Waals surface area contributed by atoms with Gasteiger partial charge in [-0.2, -0.15) is 0 Å². The second kappa shape index (κ2) is 5.99. The molecule has 94 valence electrons. The molecule has 1 N–H and O–H groups in total. The fourth-order valence-corrected chi connectivity index (χ4v) is 2.60. The third-order valence-corrected chi connectivity index (χ3v) is 3.88. The molecule has 4 heteroatoms. The first-order valence-corrected chi connectivity index (χ1v) is 6.89. The minimum absolute atomic E-state index is 0.273. The molecule has 2 aromatic carbocycles. The highest BCUT2D eigenvalue weighted by molar-refractivity contribution is 14.1. The van der Waals surface area contributed by atoms with Crippen molar-refractivity contribution in [1.82, 2.24) is 0 Å². The molecule has 0 saturated heterocycles. The van der Waals surface area contributed by atoms with Crippen molar-refractivity contribution < 1.29 is 9.50 Å². The standard InChI is InChI=1S/C14H11ClFIO/c15-10-3-6-13(17)12(8-10)14(18)7-9-1-4-11(16)5-2-9/h1-6,8,14,18H,7H2. The molecule has 0 aliphatic heterocycles. The summed E-state index contributed by atoms with van der Waals surface area (Å²) in [5.41, 5.74) is 1.69. The van der Waals surface area contributed by atoms with Crippen LogP contribution in [0, 0.1) is 9.39 Å². The highest BCUT2D eigenvalue weighted by Crippen LogP contribution is 2.26. The summed E-state index contributed by atoms with van der Waals surface area (Å²) in [6.07, 6.45) is -0.197. The van der Waals surface area contributed by atoms with E-state index in [-0.39, 0.29) is 5.82 Å². The zero-order valence-electron chi connectivity index (χ0n) is 9.41. The quantitative estimate of drug-likeness (QED) is 0.789. The number of aliphatic hydroxyl groups is 1. The Morgan fingerprint density at radius 3 is 2.50 bits per heavy atom. The molecule has 0 aliphatic carbocycles. The second-order valence-electron chi connectivity index (χ2n) is 4.01. The Morgan fingerprint density at radius 1 is 1.17 bits per heavy atom. The van der Waals surface area contributed by atoms with Crippen molar-refractivity contribution in [1.29, 1.82) is 0 Å². The monoisotopic (exact) mass is 376 g/mol. The molecule has 2 rings (SSSR count). The average Bonchev–Trinajstić information content (AvgIpc) is 2.35. The fraction of sp³-hybridized carbons (Fsp3) is 0.143. The highest BCUT2D eigenvalue weighted by atomic mass is 127. The first kappa shape index (κ1) is 13.8. The maximum Gasteiger partial charge on any atom is 0.123 e. The van der Waals surface area contributed by atoms with E-state index in [1.165, 1.54) is 12.1 Å². The second-order valence-corrected chi connectivity index (χ2v) is 5.61. The minimum Gasteiger partial charge on any atom is -0.388 e. The van der Waals surface area contributed by atoms with Crippen LogP contribution in [-0.4, -0.2) is 5.11 Å². The van der Waals surface area contributed by atoms with Crippen molar-refractivity contribution in [3.63, 3.8) is 0 Å². The normalized spacial score (nSPS) is 12.4. The lowest BCUT2D eigenvalue weighted by Gasteiger charge is -2.13. The zero-order chi connectivity index (χ0) is 13.1. The summed E-state index contributed by atoms with van der Waals surface area (Å²) in [6, 6.07) is 11.6. The van der Waals surface area contributed by atoms with Gasteiger partial charge in [0.05, 0.1) is 6.10 Å². The summed E-state index contributed by atoms with van der Waals surface area (Å²) in [4.78, 5) is 0. The number of aliphatic hydroxyl groups excluding tert-OH is 1. The molecule has 1 unspecified atom stereocenters. The molecule has 0 bridgehead atoms. The van der Waals surface area contributed by atoms with Crippen LogP contribution < -0.4 is 0 Å². The number of hydrogen-bond donors (Lipinski definition) is 1. The Morgan fingerprint density at radius 2 is 1.83 bits per heavy atom. The van der Waals surface area contributed by atoms with Crippen LogP contribution >= 0.6 is 34.2 Å². The van der Waals surface area contributed by atoms with E-state index in [0.717, 1.165) is 14.7 Å². The fourth-order valence-electron chi connectivity index (χ4n) is 1.72. The van der Waals surface area contributed by atoms with E-state index in [0.29, 0.717) is 11.4 Å². The van der Waals surface area contributed by atoms with Gasteiger partial charge in [-0.3, -0.25) is 0 Å². The van der Waals surface area contributed by atoms with E-state index >= 15 is 0 Å². The van der Waals surface area contributed by atoms with Crippen molar-refractivity contribution in [2.24, 2.45) is 0 Å². The largest absolute Gasteiger partial charge is 0.388 e.